The van der Waals surface area contributed by atoms with E-state index in [-0.39, 0.29) is 0 Å². The van der Waals surface area contributed by atoms with Gasteiger partial charge in [0.15, 0.2) is 0 Å². The van der Waals surface area contributed by atoms with Crippen LogP contribution in [0.5, 0.6) is 0 Å². The zero-order valence-electron chi connectivity index (χ0n) is 6.74. The van der Waals surface area contributed by atoms with Gasteiger partial charge in [0.25, 0.3) is 0 Å². The van der Waals surface area contributed by atoms with E-state index in [4.69, 9.17) is 5.21 Å². The Morgan fingerprint density at radius 2 is 2.36 bits per heavy atom. The second kappa shape index (κ2) is 5.46. The molecule has 0 unspecified atom stereocenters. The quantitative estimate of drug-likeness (QED) is 0.289. The van der Waals surface area contributed by atoms with Gasteiger partial charge < -0.3 is 10.0 Å². The smallest absolute Gasteiger partial charge is 0.108 e. The van der Waals surface area contributed by atoms with Crippen molar-refractivity contribution < 1.29 is 10.0 Å². The fraction of sp³-hybridized carbons (Fsp3) is 0.429. The maximum Gasteiger partial charge on any atom is 0.108 e. The van der Waals surface area contributed by atoms with Crippen molar-refractivity contribution in [2.45, 2.75) is 13.3 Å². The molecule has 0 aliphatic heterocycles. The van der Waals surface area contributed by atoms with Gasteiger partial charge in [-0.2, -0.15) is 0 Å². The van der Waals surface area contributed by atoms with Crippen LogP contribution < -0.4 is 0 Å². The second-order valence-corrected chi connectivity index (χ2v) is 1.90. The SMILES string of the molecule is C=CCC(=N/OC)/C(C)=N\O. The first-order chi connectivity index (χ1) is 5.26. The zero-order valence-corrected chi connectivity index (χ0v) is 6.74. The van der Waals surface area contributed by atoms with Crippen LogP contribution in [0.25, 0.3) is 0 Å². The van der Waals surface area contributed by atoms with Crippen LogP contribution in [0.4, 0.5) is 0 Å². The van der Waals surface area contributed by atoms with Crippen molar-refractivity contribution >= 4 is 11.4 Å². The largest absolute Gasteiger partial charge is 0.411 e. The Hall–Kier alpha value is -1.32. The van der Waals surface area contributed by atoms with Crippen molar-refractivity contribution in [3.8, 4) is 0 Å². The number of hydrogen-bond acceptors (Lipinski definition) is 4. The van der Waals surface area contributed by atoms with Crippen molar-refractivity contribution in [2.75, 3.05) is 7.11 Å². The molecule has 0 saturated heterocycles. The lowest BCUT2D eigenvalue weighted by atomic mass is 10.2. The molecule has 0 fully saturated rings. The summed E-state index contributed by atoms with van der Waals surface area (Å²) in [7, 11) is 1.44. The summed E-state index contributed by atoms with van der Waals surface area (Å²) in [6.45, 7) is 5.17. The minimum Gasteiger partial charge on any atom is -0.411 e. The molecule has 1 N–H and O–H groups in total. The molecule has 0 aliphatic carbocycles. The van der Waals surface area contributed by atoms with Crippen molar-refractivity contribution in [1.29, 1.82) is 0 Å². The number of oxime groups is 2. The third-order valence-electron chi connectivity index (χ3n) is 1.11. The van der Waals surface area contributed by atoms with Gasteiger partial charge in [-0.15, -0.1) is 6.58 Å². The molecule has 0 heterocycles. The van der Waals surface area contributed by atoms with Gasteiger partial charge >= 0.3 is 0 Å². The molecule has 0 rings (SSSR count). The predicted molar refractivity (Wildman–Crippen MR) is 44.2 cm³/mol. The van der Waals surface area contributed by atoms with E-state index in [2.05, 4.69) is 21.7 Å². The highest BCUT2D eigenvalue weighted by molar-refractivity contribution is 6.41. The number of nitrogens with zero attached hydrogens (tertiary/aromatic N) is 2. The van der Waals surface area contributed by atoms with Crippen molar-refractivity contribution in [2.24, 2.45) is 10.3 Å². The fourth-order valence-electron chi connectivity index (χ4n) is 0.556. The molecule has 0 aromatic carbocycles. The maximum atomic E-state index is 8.38. The molecule has 4 heteroatoms. The molecule has 4 nitrogen and oxygen atoms in total. The lowest BCUT2D eigenvalue weighted by Crippen LogP contribution is -2.09. The Morgan fingerprint density at radius 1 is 1.73 bits per heavy atom. The summed E-state index contributed by atoms with van der Waals surface area (Å²) in [5.41, 5.74) is 1.01. The Balaban J connectivity index is 4.33. The van der Waals surface area contributed by atoms with E-state index in [9.17, 15) is 0 Å². The van der Waals surface area contributed by atoms with Gasteiger partial charge in [0, 0.05) is 6.42 Å². The first kappa shape index (κ1) is 9.68. The van der Waals surface area contributed by atoms with Crippen LogP contribution >= 0.6 is 0 Å². The van der Waals surface area contributed by atoms with E-state index in [0.717, 1.165) is 0 Å². The molecule has 0 aromatic rings. The summed E-state index contributed by atoms with van der Waals surface area (Å²) < 4.78 is 0. The summed E-state index contributed by atoms with van der Waals surface area (Å²) in [6, 6.07) is 0. The summed E-state index contributed by atoms with van der Waals surface area (Å²) >= 11 is 0. The molecule has 11 heavy (non-hydrogen) atoms. The van der Waals surface area contributed by atoms with Gasteiger partial charge in [0.1, 0.15) is 18.5 Å². The molecule has 0 radical (unpaired) electrons. The van der Waals surface area contributed by atoms with Crippen LogP contribution in [-0.4, -0.2) is 23.7 Å². The van der Waals surface area contributed by atoms with E-state index in [1.165, 1.54) is 7.11 Å². The predicted octanol–water partition coefficient (Wildman–Crippen LogP) is 1.42. The third kappa shape index (κ3) is 3.40. The molecule has 0 atom stereocenters. The molecular weight excluding hydrogens is 144 g/mol. The maximum absolute atomic E-state index is 8.38. The summed E-state index contributed by atoms with van der Waals surface area (Å²) in [6.07, 6.45) is 2.19. The van der Waals surface area contributed by atoms with Crippen LogP contribution in [0.15, 0.2) is 23.0 Å². The fourth-order valence-corrected chi connectivity index (χ4v) is 0.556. The molecule has 0 amide bonds. The van der Waals surface area contributed by atoms with Crippen LogP contribution in [0.2, 0.25) is 0 Å². The molecule has 62 valence electrons. The lowest BCUT2D eigenvalue weighted by molar-refractivity contribution is 0.213. The normalized spacial score (nSPS) is 12.9. The van der Waals surface area contributed by atoms with Crippen LogP contribution in [0.1, 0.15) is 13.3 Å². The average molecular weight is 156 g/mol. The van der Waals surface area contributed by atoms with Crippen molar-refractivity contribution in [3.05, 3.63) is 12.7 Å². The minimum atomic E-state index is 0.437. The highest BCUT2D eigenvalue weighted by Crippen LogP contribution is 1.92. The van der Waals surface area contributed by atoms with E-state index < -0.39 is 0 Å². The Morgan fingerprint density at radius 3 is 2.73 bits per heavy atom. The average Bonchev–Trinajstić information content (AvgIpc) is 2.03. The summed E-state index contributed by atoms with van der Waals surface area (Å²) in [5.74, 6) is 0. The van der Waals surface area contributed by atoms with Gasteiger partial charge in [-0.3, -0.25) is 0 Å². The summed E-state index contributed by atoms with van der Waals surface area (Å²) in [4.78, 5) is 4.53. The summed E-state index contributed by atoms with van der Waals surface area (Å²) in [5, 5.41) is 15.0. The minimum absolute atomic E-state index is 0.437. The van der Waals surface area contributed by atoms with Crippen LogP contribution in [0, 0.1) is 0 Å². The Labute approximate surface area is 65.8 Å². The van der Waals surface area contributed by atoms with Crippen LogP contribution in [-0.2, 0) is 4.84 Å². The second-order valence-electron chi connectivity index (χ2n) is 1.90. The van der Waals surface area contributed by atoms with Gasteiger partial charge in [0.2, 0.25) is 0 Å². The van der Waals surface area contributed by atoms with Crippen molar-refractivity contribution in [1.82, 2.24) is 0 Å². The third-order valence-corrected chi connectivity index (χ3v) is 1.11. The lowest BCUT2D eigenvalue weighted by Gasteiger charge is -1.98. The van der Waals surface area contributed by atoms with E-state index in [1.54, 1.807) is 13.0 Å². The standard InChI is InChI=1S/C7H12N2O2/c1-4-5-7(9-11-3)6(2)8-10/h4,10H,1,5H2,2-3H3/b8-6-,9-7-. The molecule has 0 spiro atoms. The van der Waals surface area contributed by atoms with Gasteiger partial charge in [-0.25, -0.2) is 0 Å². The molecular formula is C7H12N2O2. The highest BCUT2D eigenvalue weighted by Gasteiger charge is 2.01. The van der Waals surface area contributed by atoms with E-state index in [0.29, 0.717) is 17.8 Å². The van der Waals surface area contributed by atoms with Crippen LogP contribution in [0.3, 0.4) is 0 Å². The highest BCUT2D eigenvalue weighted by atomic mass is 16.6. The molecule has 0 saturated carbocycles. The van der Waals surface area contributed by atoms with E-state index in [1.807, 2.05) is 0 Å². The molecule has 0 aliphatic rings. The van der Waals surface area contributed by atoms with Gasteiger partial charge in [-0.05, 0) is 6.92 Å². The first-order valence-corrected chi connectivity index (χ1v) is 3.16. The molecule has 0 aromatic heterocycles. The monoisotopic (exact) mass is 156 g/mol. The van der Waals surface area contributed by atoms with Gasteiger partial charge in [0.05, 0.1) is 0 Å². The number of rotatable bonds is 4. The Bertz CT molecular complexity index is 185. The van der Waals surface area contributed by atoms with E-state index >= 15 is 0 Å². The molecule has 0 bridgehead atoms. The topological polar surface area (TPSA) is 54.2 Å². The van der Waals surface area contributed by atoms with Gasteiger partial charge in [-0.1, -0.05) is 16.4 Å². The Kier molecular flexibility index (Phi) is 4.81. The number of hydrogen-bond donors (Lipinski definition) is 1. The van der Waals surface area contributed by atoms with Crippen molar-refractivity contribution in [3.63, 3.8) is 0 Å². The zero-order chi connectivity index (χ0) is 8.69. The first-order valence-electron chi connectivity index (χ1n) is 3.16. The number of allylic oxidation sites excluding steroid dienone is 1.